The van der Waals surface area contributed by atoms with Crippen LogP contribution in [0.15, 0.2) is 0 Å². The van der Waals surface area contributed by atoms with Crippen LogP contribution < -0.4 is 0 Å². The normalized spacial score (nSPS) is 7.50. The molecule has 0 saturated carbocycles. The fourth-order valence-corrected chi connectivity index (χ4v) is 0.333. The Morgan fingerprint density at radius 2 is 2.33 bits per heavy atom. The van der Waals surface area contributed by atoms with E-state index in [0.717, 1.165) is 0 Å². The third-order valence-corrected chi connectivity index (χ3v) is 0.603. The van der Waals surface area contributed by atoms with Crippen LogP contribution in [0.25, 0.3) is 0 Å². The summed E-state index contributed by atoms with van der Waals surface area (Å²) in [6.45, 7) is 0. The third kappa shape index (κ3) is 4.10. The summed E-state index contributed by atoms with van der Waals surface area (Å²) in [5.74, 6) is 0. The van der Waals surface area contributed by atoms with Crippen molar-refractivity contribution in [2.24, 2.45) is 0 Å². The first-order valence-electron chi connectivity index (χ1n) is 0.953. The molecule has 0 aromatic rings. The molecule has 0 aliphatic heterocycles. The van der Waals surface area contributed by atoms with E-state index in [0.29, 0.717) is 0 Å². The van der Waals surface area contributed by atoms with Gasteiger partial charge in [-0.15, -0.1) is 0 Å². The van der Waals surface area contributed by atoms with Gasteiger partial charge in [0.1, 0.15) is 0 Å². The van der Waals surface area contributed by atoms with Crippen molar-refractivity contribution in [3.05, 3.63) is 0 Å². The number of hydrogen-bond donors (Lipinski definition) is 1. The molecule has 0 heterocycles. The van der Waals surface area contributed by atoms with Crippen LogP contribution in [-0.2, 0) is 29.4 Å². The first-order chi connectivity index (χ1) is 2.77. The number of rotatable bonds is 2. The van der Waals surface area contributed by atoms with Crippen LogP contribution in [0.1, 0.15) is 0 Å². The molecule has 0 rings (SSSR count). The monoisotopic (exact) mass is 148 g/mol. The summed E-state index contributed by atoms with van der Waals surface area (Å²) < 4.78 is 16.6. The molecule has 4 nitrogen and oxygen atoms in total. The van der Waals surface area contributed by atoms with Gasteiger partial charge in [-0.1, -0.05) is 0 Å². The summed E-state index contributed by atoms with van der Waals surface area (Å²) in [5.41, 5.74) is 0. The van der Waals surface area contributed by atoms with E-state index in [1.165, 1.54) is 0 Å². The average molecular weight is 148 g/mol. The van der Waals surface area contributed by atoms with Crippen LogP contribution in [0.3, 0.4) is 0 Å². The van der Waals surface area contributed by atoms with Crippen molar-refractivity contribution >= 4 is 9.17 Å². The molecule has 1 N–H and O–H groups in total. The van der Waals surface area contributed by atoms with Gasteiger partial charge < -0.3 is 0 Å². The van der Waals surface area contributed by atoms with E-state index in [-0.39, 0.29) is 0 Å². The molecule has 0 atom stereocenters. The molecule has 0 saturated heterocycles. The van der Waals surface area contributed by atoms with Gasteiger partial charge in [0.15, 0.2) is 0 Å². The van der Waals surface area contributed by atoms with Crippen molar-refractivity contribution in [2.75, 3.05) is 0 Å². The quantitative estimate of drug-likeness (QED) is 0.303. The predicted octanol–water partition coefficient (Wildman–Crippen LogP) is -1.20. The second-order valence-corrected chi connectivity index (χ2v) is 1.31. The molecule has 0 aromatic heterocycles. The summed E-state index contributed by atoms with van der Waals surface area (Å²) in [6.07, 6.45) is 0. The van der Waals surface area contributed by atoms with Crippen LogP contribution in [0.5, 0.6) is 0 Å². The Morgan fingerprint density at radius 1 is 1.83 bits per heavy atom. The van der Waals surface area contributed by atoms with Crippen LogP contribution >= 0.6 is 0 Å². The van der Waals surface area contributed by atoms with Crippen molar-refractivity contribution in [3.63, 3.8) is 0 Å². The van der Waals surface area contributed by atoms with E-state index in [1.54, 1.807) is 0 Å². The Bertz CT molecular complexity index is 51.5. The molecule has 0 bridgehead atoms. The summed E-state index contributed by atoms with van der Waals surface area (Å²) >= 11 is 2.29. The first-order valence-corrected chi connectivity index (χ1v) is 2.70. The van der Waals surface area contributed by atoms with Gasteiger partial charge in [-0.25, -0.2) is 0 Å². The predicted molar refractivity (Wildman–Crippen MR) is 10.8 cm³/mol. The molecule has 0 amide bonds. The molecule has 36 valence electrons. The molecule has 0 spiro atoms. The topological polar surface area (TPSA) is 55.8 Å². The second-order valence-electron chi connectivity index (χ2n) is 0.412. The van der Waals surface area contributed by atoms with Crippen molar-refractivity contribution in [1.29, 1.82) is 0 Å². The van der Waals surface area contributed by atoms with E-state index in [1.807, 2.05) is 0 Å². The number of hydrogen-bond acceptors (Lipinski definition) is 3. The van der Waals surface area contributed by atoms with Crippen molar-refractivity contribution in [3.8, 4) is 0 Å². The molecule has 6 heavy (non-hydrogen) atoms. The van der Waals surface area contributed by atoms with Gasteiger partial charge in [-0.3, -0.25) is 0 Å². The fourth-order valence-electron chi connectivity index (χ4n) is 0.0269. The molecule has 0 unspecified atom stereocenters. The fraction of sp³-hybridized carbons (Fsp3) is 0. The molecule has 0 radical (unpaired) electrons. The van der Waals surface area contributed by atoms with Gasteiger partial charge in [-0.2, -0.15) is 0 Å². The summed E-state index contributed by atoms with van der Waals surface area (Å²) in [6, 6.07) is 0. The Hall–Kier alpha value is 0.0964. The van der Waals surface area contributed by atoms with E-state index in [9.17, 15) is 4.46 Å². The van der Waals surface area contributed by atoms with E-state index in [4.69, 9.17) is 4.80 Å². The Labute approximate surface area is 44.0 Å². The molecule has 0 aliphatic carbocycles. The van der Waals surface area contributed by atoms with Crippen molar-refractivity contribution in [1.82, 2.24) is 0 Å². The molecular weight excluding hydrogens is 147 g/mol. The van der Waals surface area contributed by atoms with Crippen molar-refractivity contribution < 1.29 is 34.1 Å². The van der Waals surface area contributed by atoms with Crippen LogP contribution in [0, 0.1) is 0 Å². The van der Waals surface area contributed by atoms with Gasteiger partial charge >= 0.3 is 43.3 Å². The maximum atomic E-state index is 9.41. The summed E-state index contributed by atoms with van der Waals surface area (Å²) in [4.78, 5) is 7.72. The van der Waals surface area contributed by atoms with Crippen LogP contribution in [0.2, 0.25) is 0 Å². The van der Waals surface area contributed by atoms with E-state index >= 15 is 0 Å². The first kappa shape index (κ1) is 6.10. The zero-order chi connectivity index (χ0) is 4.99. The Balaban J connectivity index is 2.83. The molecule has 0 aliphatic rings. The van der Waals surface area contributed by atoms with Crippen LogP contribution in [0.4, 0.5) is 0 Å². The minimum absolute atomic E-state index is 2.29. The molecule has 0 fully saturated rings. The SMILES string of the molecule is O=[Si](O)O[O][Mn]. The standard InChI is InChI=1S/Mn.H2O4Si/c;1-4-5(2)3/h;1-2H/q+1;/p-1. The molecule has 0 aromatic carbocycles. The van der Waals surface area contributed by atoms with Crippen molar-refractivity contribution in [2.45, 2.75) is 0 Å². The van der Waals surface area contributed by atoms with Gasteiger partial charge in [0.25, 0.3) is 0 Å². The molecular formula is HMnO4Si. The van der Waals surface area contributed by atoms with Gasteiger partial charge in [-0.05, 0) is 0 Å². The summed E-state index contributed by atoms with van der Waals surface area (Å²) in [5, 5.41) is 0. The van der Waals surface area contributed by atoms with Gasteiger partial charge in [0.2, 0.25) is 0 Å². The Kier molecular flexibility index (Phi) is 3.35. The average Bonchev–Trinajstić information content (AvgIpc) is 1.35. The maximum absolute atomic E-state index is 9.41. The molecule has 6 heteroatoms. The van der Waals surface area contributed by atoms with E-state index in [2.05, 4.69) is 24.9 Å². The van der Waals surface area contributed by atoms with E-state index < -0.39 is 9.17 Å². The van der Waals surface area contributed by atoms with Gasteiger partial charge in [0, 0.05) is 0 Å². The van der Waals surface area contributed by atoms with Crippen LogP contribution in [-0.4, -0.2) is 14.0 Å². The second kappa shape index (κ2) is 3.29. The minimum atomic E-state index is -2.90. The third-order valence-electron chi connectivity index (χ3n) is 0.103. The zero-order valence-corrected chi connectivity index (χ0v) is 4.73. The Morgan fingerprint density at radius 3 is 2.33 bits per heavy atom. The zero-order valence-electron chi connectivity index (χ0n) is 2.55. The summed E-state index contributed by atoms with van der Waals surface area (Å²) in [7, 11) is -2.90. The van der Waals surface area contributed by atoms with Gasteiger partial charge in [0.05, 0.1) is 0 Å².